The zero-order valence-electron chi connectivity index (χ0n) is 21.2. The Kier molecular flexibility index (Phi) is 8.86. The normalized spacial score (nSPS) is 18.5. The number of alkyl halides is 3. The van der Waals surface area contributed by atoms with Gasteiger partial charge in [0.1, 0.15) is 23.0 Å². The third kappa shape index (κ3) is 6.69. The Morgan fingerprint density at radius 3 is 2.14 bits per heavy atom. The van der Waals surface area contributed by atoms with Gasteiger partial charge < -0.3 is 0 Å². The highest BCUT2D eigenvalue weighted by Crippen LogP contribution is 2.39. The Morgan fingerprint density at radius 2 is 1.49 bits per heavy atom. The molecule has 0 amide bonds. The second-order valence-corrected chi connectivity index (χ2v) is 10.5. The third-order valence-electron chi connectivity index (χ3n) is 7.91. The van der Waals surface area contributed by atoms with Gasteiger partial charge in [-0.15, -0.1) is 0 Å². The molecular formula is C31H34F6. The van der Waals surface area contributed by atoms with Gasteiger partial charge in [-0.3, -0.25) is 0 Å². The van der Waals surface area contributed by atoms with Crippen molar-refractivity contribution in [2.24, 2.45) is 5.92 Å². The molecule has 1 aliphatic carbocycles. The number of rotatable bonds is 9. The summed E-state index contributed by atoms with van der Waals surface area (Å²) >= 11 is 0. The summed E-state index contributed by atoms with van der Waals surface area (Å²) in [5.74, 6) is -2.39. The number of aryl methyl sites for hydroxylation is 2. The zero-order chi connectivity index (χ0) is 26.6. The molecule has 0 saturated heterocycles. The number of benzene rings is 3. The van der Waals surface area contributed by atoms with Crippen molar-refractivity contribution in [1.29, 1.82) is 0 Å². The fourth-order valence-corrected chi connectivity index (χ4v) is 5.77. The molecule has 1 saturated carbocycles. The van der Waals surface area contributed by atoms with Gasteiger partial charge in [-0.1, -0.05) is 69.4 Å². The number of hydrogen-bond acceptors (Lipinski definition) is 0. The Balaban J connectivity index is 1.40. The highest BCUT2D eigenvalue weighted by atomic mass is 19.4. The van der Waals surface area contributed by atoms with Crippen LogP contribution in [0.4, 0.5) is 26.3 Å². The highest BCUT2D eigenvalue weighted by molar-refractivity contribution is 5.84. The Hall–Kier alpha value is -2.50. The predicted molar refractivity (Wildman–Crippen MR) is 136 cm³/mol. The lowest BCUT2D eigenvalue weighted by atomic mass is 9.76. The quantitative estimate of drug-likeness (QED) is 0.194. The lowest BCUT2D eigenvalue weighted by molar-refractivity contribution is -0.142. The van der Waals surface area contributed by atoms with Crippen LogP contribution in [-0.2, 0) is 19.0 Å². The van der Waals surface area contributed by atoms with E-state index in [4.69, 9.17) is 0 Å². The molecule has 3 aromatic rings. The largest absolute Gasteiger partial charge is 0.422 e. The number of unbranched alkanes of at least 4 members (excludes halogenated alkanes) is 3. The molecule has 0 aromatic heterocycles. The first-order valence-corrected chi connectivity index (χ1v) is 13.4. The average Bonchev–Trinajstić information content (AvgIpc) is 2.85. The maximum absolute atomic E-state index is 15.3. The van der Waals surface area contributed by atoms with Gasteiger partial charge in [0.25, 0.3) is 0 Å². The van der Waals surface area contributed by atoms with Crippen LogP contribution in [0.2, 0.25) is 0 Å². The van der Waals surface area contributed by atoms with Crippen molar-refractivity contribution < 1.29 is 26.3 Å². The van der Waals surface area contributed by atoms with Crippen molar-refractivity contribution in [2.45, 2.75) is 89.6 Å². The van der Waals surface area contributed by atoms with Gasteiger partial charge in [-0.2, -0.15) is 13.2 Å². The molecule has 3 aromatic carbocycles. The lowest BCUT2D eigenvalue weighted by Crippen LogP contribution is -2.13. The van der Waals surface area contributed by atoms with Gasteiger partial charge in [0.2, 0.25) is 0 Å². The van der Waals surface area contributed by atoms with Crippen LogP contribution < -0.4 is 0 Å². The Labute approximate surface area is 215 Å². The van der Waals surface area contributed by atoms with Crippen LogP contribution in [0.3, 0.4) is 0 Å². The maximum atomic E-state index is 15.3. The molecule has 0 heterocycles. The minimum Gasteiger partial charge on any atom is -0.206 e. The minimum atomic E-state index is -5.11. The van der Waals surface area contributed by atoms with E-state index in [1.54, 1.807) is 12.1 Å². The van der Waals surface area contributed by atoms with Crippen molar-refractivity contribution in [3.63, 3.8) is 0 Å². The summed E-state index contributed by atoms with van der Waals surface area (Å²) in [7, 11) is 0. The second kappa shape index (κ2) is 11.9. The zero-order valence-corrected chi connectivity index (χ0v) is 21.2. The minimum absolute atomic E-state index is 0.0220. The smallest absolute Gasteiger partial charge is 0.206 e. The monoisotopic (exact) mass is 520 g/mol. The number of hydrogen-bond donors (Lipinski definition) is 0. The fraction of sp³-hybridized carbons (Fsp3) is 0.484. The lowest BCUT2D eigenvalue weighted by Gasteiger charge is -2.29. The predicted octanol–water partition coefficient (Wildman–Crippen LogP) is 10.3. The van der Waals surface area contributed by atoms with E-state index in [-0.39, 0.29) is 18.4 Å². The number of fused-ring (bicyclic) bond motifs is 1. The standard InChI is InChI=1S/C31H34F6/c1-2-3-4-5-6-20-7-10-22(11-8-20)24-15-16-26-25(19-24)14-13-23(30(26)34)12-9-21-17-27(32)29(28(33)18-21)31(35,36)37/h13-20,22H,2-12H2,1H3. The van der Waals surface area contributed by atoms with Crippen molar-refractivity contribution >= 4 is 10.8 Å². The Bertz CT molecular complexity index is 1180. The summed E-state index contributed by atoms with van der Waals surface area (Å²) in [6, 6.07) is 10.7. The fourth-order valence-electron chi connectivity index (χ4n) is 5.77. The summed E-state index contributed by atoms with van der Waals surface area (Å²) in [5.41, 5.74) is -0.243. The molecule has 0 atom stereocenters. The van der Waals surface area contributed by atoms with E-state index in [1.807, 2.05) is 12.1 Å². The number of halogens is 6. The van der Waals surface area contributed by atoms with Crippen LogP contribution in [0.25, 0.3) is 10.8 Å². The summed E-state index contributed by atoms with van der Waals surface area (Å²) in [5, 5.41) is 1.29. The molecule has 200 valence electrons. The highest BCUT2D eigenvalue weighted by Gasteiger charge is 2.37. The van der Waals surface area contributed by atoms with Crippen LogP contribution in [0.5, 0.6) is 0 Å². The van der Waals surface area contributed by atoms with Crippen LogP contribution in [0.1, 0.15) is 92.9 Å². The van der Waals surface area contributed by atoms with Gasteiger partial charge in [-0.25, -0.2) is 13.2 Å². The molecule has 0 N–H and O–H groups in total. The molecule has 0 aliphatic heterocycles. The van der Waals surface area contributed by atoms with E-state index in [0.717, 1.165) is 24.1 Å². The van der Waals surface area contributed by atoms with Gasteiger partial charge in [-0.05, 0) is 84.6 Å². The summed E-state index contributed by atoms with van der Waals surface area (Å²) in [4.78, 5) is 0. The van der Waals surface area contributed by atoms with Gasteiger partial charge in [0.15, 0.2) is 0 Å². The molecule has 0 bridgehead atoms. The van der Waals surface area contributed by atoms with Crippen molar-refractivity contribution in [3.8, 4) is 0 Å². The van der Waals surface area contributed by atoms with Crippen LogP contribution in [0, 0.1) is 23.4 Å². The molecular weight excluding hydrogens is 486 g/mol. The SMILES string of the molecule is CCCCCCC1CCC(c2ccc3c(F)c(CCc4cc(F)c(C(F)(F)F)c(F)c4)ccc3c2)CC1. The molecule has 0 spiro atoms. The van der Waals surface area contributed by atoms with Gasteiger partial charge >= 0.3 is 6.18 Å². The first kappa shape index (κ1) is 27.5. The molecule has 4 rings (SSSR count). The average molecular weight is 521 g/mol. The second-order valence-electron chi connectivity index (χ2n) is 10.5. The van der Waals surface area contributed by atoms with Crippen LogP contribution in [0.15, 0.2) is 42.5 Å². The van der Waals surface area contributed by atoms with Crippen molar-refractivity contribution in [3.05, 3.63) is 82.2 Å². The molecule has 37 heavy (non-hydrogen) atoms. The Morgan fingerprint density at radius 1 is 0.784 bits per heavy atom. The van der Waals surface area contributed by atoms with Gasteiger partial charge in [0, 0.05) is 5.39 Å². The van der Waals surface area contributed by atoms with E-state index < -0.39 is 29.2 Å². The van der Waals surface area contributed by atoms with Crippen LogP contribution >= 0.6 is 0 Å². The van der Waals surface area contributed by atoms with E-state index in [9.17, 15) is 22.0 Å². The molecule has 0 radical (unpaired) electrons. The first-order chi connectivity index (χ1) is 17.7. The summed E-state index contributed by atoms with van der Waals surface area (Å²) < 4.78 is 81.4. The third-order valence-corrected chi connectivity index (χ3v) is 7.91. The topological polar surface area (TPSA) is 0 Å². The van der Waals surface area contributed by atoms with E-state index in [1.165, 1.54) is 50.5 Å². The van der Waals surface area contributed by atoms with Crippen molar-refractivity contribution in [1.82, 2.24) is 0 Å². The van der Waals surface area contributed by atoms with E-state index in [2.05, 4.69) is 13.0 Å². The summed E-state index contributed by atoms with van der Waals surface area (Å²) in [6.07, 6.45) is 6.39. The summed E-state index contributed by atoms with van der Waals surface area (Å²) in [6.45, 7) is 2.23. The molecule has 1 aliphatic rings. The maximum Gasteiger partial charge on any atom is 0.422 e. The molecule has 0 nitrogen and oxygen atoms in total. The van der Waals surface area contributed by atoms with Crippen molar-refractivity contribution in [2.75, 3.05) is 0 Å². The molecule has 1 fully saturated rings. The van der Waals surface area contributed by atoms with Gasteiger partial charge in [0.05, 0.1) is 0 Å². The van der Waals surface area contributed by atoms with Crippen LogP contribution in [-0.4, -0.2) is 0 Å². The van der Waals surface area contributed by atoms with E-state index >= 15 is 4.39 Å². The van der Waals surface area contributed by atoms with E-state index in [0.29, 0.717) is 29.0 Å². The molecule has 0 unspecified atom stereocenters. The molecule has 6 heteroatoms. The first-order valence-electron chi connectivity index (χ1n) is 13.4.